The number of aryl methyl sites for hydroxylation is 1. The maximum absolute atomic E-state index is 11.3. The number of nitrogens with zero attached hydrogens (tertiary/aromatic N) is 2. The molecule has 5 heteroatoms. The molecule has 1 fully saturated rings. The van der Waals surface area contributed by atoms with Gasteiger partial charge in [-0.1, -0.05) is 6.92 Å². The Hall–Kier alpha value is -1.65. The van der Waals surface area contributed by atoms with Crippen LogP contribution in [-0.2, 0) is 0 Å². The van der Waals surface area contributed by atoms with Crippen LogP contribution >= 0.6 is 0 Å². The number of nitrogens with one attached hydrogen (secondary N) is 1. The maximum atomic E-state index is 11.3. The van der Waals surface area contributed by atoms with Crippen molar-refractivity contribution >= 4 is 11.8 Å². The zero-order valence-corrected chi connectivity index (χ0v) is 11.0. The summed E-state index contributed by atoms with van der Waals surface area (Å²) in [5, 5.41) is 20.5. The van der Waals surface area contributed by atoms with E-state index < -0.39 is 5.97 Å². The number of carboxylic acids is 1. The summed E-state index contributed by atoms with van der Waals surface area (Å²) in [5.41, 5.74) is 1.60. The van der Waals surface area contributed by atoms with E-state index in [4.69, 9.17) is 0 Å². The normalized spacial score (nSPS) is 23.1. The Balaban J connectivity index is 2.27. The predicted molar refractivity (Wildman–Crippen MR) is 68.9 cm³/mol. The lowest BCUT2D eigenvalue weighted by atomic mass is 10.1. The first-order chi connectivity index (χ1) is 8.49. The summed E-state index contributed by atoms with van der Waals surface area (Å²) in [6.45, 7) is 5.76. The second-order valence-corrected chi connectivity index (χ2v) is 5.20. The van der Waals surface area contributed by atoms with E-state index in [0.717, 1.165) is 12.8 Å². The molecule has 0 bridgehead atoms. The number of carboxylic acid groups (broad SMARTS) is 1. The van der Waals surface area contributed by atoms with Gasteiger partial charge in [-0.3, -0.25) is 0 Å². The summed E-state index contributed by atoms with van der Waals surface area (Å²) >= 11 is 0. The number of carbonyl (C=O) groups is 1. The van der Waals surface area contributed by atoms with Crippen molar-refractivity contribution in [2.45, 2.75) is 46.1 Å². The summed E-state index contributed by atoms with van der Waals surface area (Å²) in [4.78, 5) is 11.3. The van der Waals surface area contributed by atoms with Crippen LogP contribution in [0.4, 0.5) is 5.82 Å². The molecule has 18 heavy (non-hydrogen) atoms. The van der Waals surface area contributed by atoms with Crippen molar-refractivity contribution in [2.75, 3.05) is 5.32 Å². The van der Waals surface area contributed by atoms with Gasteiger partial charge in [-0.15, -0.1) is 5.10 Å². The van der Waals surface area contributed by atoms with E-state index in [1.807, 2.05) is 0 Å². The number of aromatic nitrogens is 2. The van der Waals surface area contributed by atoms with Crippen molar-refractivity contribution in [3.63, 3.8) is 0 Å². The van der Waals surface area contributed by atoms with E-state index in [9.17, 15) is 9.90 Å². The molecule has 98 valence electrons. The highest BCUT2D eigenvalue weighted by atomic mass is 16.4. The molecule has 1 aromatic heterocycles. The number of hydrogen-bond acceptors (Lipinski definition) is 4. The van der Waals surface area contributed by atoms with Gasteiger partial charge in [-0.25, -0.2) is 4.79 Å². The van der Waals surface area contributed by atoms with E-state index in [-0.39, 0.29) is 5.56 Å². The fourth-order valence-electron chi connectivity index (χ4n) is 2.50. The quantitative estimate of drug-likeness (QED) is 0.860. The molecule has 2 unspecified atom stereocenters. The number of rotatable bonds is 3. The highest BCUT2D eigenvalue weighted by Gasteiger charge is 2.24. The molecule has 1 saturated carbocycles. The van der Waals surface area contributed by atoms with Gasteiger partial charge in [0.2, 0.25) is 0 Å². The summed E-state index contributed by atoms with van der Waals surface area (Å²) in [6.07, 6.45) is 3.31. The molecule has 0 saturated heterocycles. The largest absolute Gasteiger partial charge is 0.478 e. The summed E-state index contributed by atoms with van der Waals surface area (Å²) in [6, 6.07) is 0.314. The Bertz CT molecular complexity index is 474. The van der Waals surface area contributed by atoms with Gasteiger partial charge in [0.25, 0.3) is 0 Å². The number of aromatic carboxylic acids is 1. The third-order valence-electron chi connectivity index (χ3n) is 3.70. The Labute approximate surface area is 107 Å². The third-order valence-corrected chi connectivity index (χ3v) is 3.70. The molecule has 0 radical (unpaired) electrons. The topological polar surface area (TPSA) is 75.1 Å². The lowest BCUT2D eigenvalue weighted by Crippen LogP contribution is -2.20. The third kappa shape index (κ3) is 2.44. The molecule has 1 aliphatic carbocycles. The van der Waals surface area contributed by atoms with Crippen LogP contribution in [0.5, 0.6) is 0 Å². The van der Waals surface area contributed by atoms with Crippen LogP contribution in [0.2, 0.25) is 0 Å². The summed E-state index contributed by atoms with van der Waals surface area (Å²) in [7, 11) is 0. The van der Waals surface area contributed by atoms with Gasteiger partial charge in [-0.05, 0) is 44.6 Å². The van der Waals surface area contributed by atoms with Crippen molar-refractivity contribution < 1.29 is 9.90 Å². The van der Waals surface area contributed by atoms with Crippen LogP contribution < -0.4 is 5.32 Å². The molecule has 5 nitrogen and oxygen atoms in total. The number of anilines is 1. The highest BCUT2D eigenvalue weighted by Crippen LogP contribution is 2.28. The Morgan fingerprint density at radius 3 is 2.61 bits per heavy atom. The molecule has 2 rings (SSSR count). The van der Waals surface area contributed by atoms with Gasteiger partial charge >= 0.3 is 5.97 Å². The lowest BCUT2D eigenvalue weighted by Gasteiger charge is -2.16. The van der Waals surface area contributed by atoms with Crippen LogP contribution in [0.3, 0.4) is 0 Å². The van der Waals surface area contributed by atoms with E-state index in [1.165, 1.54) is 6.42 Å². The van der Waals surface area contributed by atoms with Crippen LogP contribution in [0.15, 0.2) is 0 Å². The molecule has 2 atom stereocenters. The zero-order chi connectivity index (χ0) is 13.3. The first kappa shape index (κ1) is 12.8. The number of hydrogen-bond donors (Lipinski definition) is 2. The van der Waals surface area contributed by atoms with Gasteiger partial charge in [0.1, 0.15) is 5.56 Å². The molecular formula is C13H19N3O2. The van der Waals surface area contributed by atoms with Crippen LogP contribution in [0.25, 0.3) is 0 Å². The van der Waals surface area contributed by atoms with Gasteiger partial charge in [0, 0.05) is 6.04 Å². The lowest BCUT2D eigenvalue weighted by molar-refractivity contribution is 0.0696. The van der Waals surface area contributed by atoms with Crippen LogP contribution in [0, 0.1) is 19.8 Å². The highest BCUT2D eigenvalue weighted by molar-refractivity contribution is 5.94. The molecule has 0 aromatic carbocycles. The van der Waals surface area contributed by atoms with E-state index in [2.05, 4.69) is 22.4 Å². The molecule has 1 aromatic rings. The fraction of sp³-hybridized carbons (Fsp3) is 0.615. The van der Waals surface area contributed by atoms with E-state index >= 15 is 0 Å². The van der Waals surface area contributed by atoms with Gasteiger partial charge in [-0.2, -0.15) is 5.10 Å². The van der Waals surface area contributed by atoms with Crippen molar-refractivity contribution in [1.29, 1.82) is 0 Å². The van der Waals surface area contributed by atoms with Crippen molar-refractivity contribution in [1.82, 2.24) is 10.2 Å². The molecular weight excluding hydrogens is 230 g/mol. The summed E-state index contributed by atoms with van der Waals surface area (Å²) < 4.78 is 0. The second kappa shape index (κ2) is 4.92. The van der Waals surface area contributed by atoms with Gasteiger partial charge in [0.15, 0.2) is 5.82 Å². The van der Waals surface area contributed by atoms with Gasteiger partial charge in [0.05, 0.1) is 5.69 Å². The fourth-order valence-corrected chi connectivity index (χ4v) is 2.50. The average Bonchev–Trinajstić information content (AvgIpc) is 2.69. The zero-order valence-electron chi connectivity index (χ0n) is 11.0. The molecule has 0 amide bonds. The second-order valence-electron chi connectivity index (χ2n) is 5.20. The van der Waals surface area contributed by atoms with Gasteiger partial charge < -0.3 is 10.4 Å². The molecule has 0 spiro atoms. The van der Waals surface area contributed by atoms with Crippen LogP contribution in [0.1, 0.15) is 47.8 Å². The maximum Gasteiger partial charge on any atom is 0.339 e. The Kier molecular flexibility index (Phi) is 3.50. The monoisotopic (exact) mass is 249 g/mol. The average molecular weight is 249 g/mol. The minimum absolute atomic E-state index is 0.252. The van der Waals surface area contributed by atoms with E-state index in [1.54, 1.807) is 13.8 Å². The SMILES string of the molecule is Cc1nnc(NC2CCC(C)C2)c(C(=O)O)c1C. The van der Waals surface area contributed by atoms with Crippen molar-refractivity contribution in [3.8, 4) is 0 Å². The van der Waals surface area contributed by atoms with Crippen molar-refractivity contribution in [2.24, 2.45) is 5.92 Å². The first-order valence-corrected chi connectivity index (χ1v) is 6.32. The molecule has 1 aliphatic rings. The minimum atomic E-state index is -0.945. The Morgan fingerprint density at radius 2 is 2.06 bits per heavy atom. The smallest absolute Gasteiger partial charge is 0.339 e. The molecule has 1 heterocycles. The molecule has 2 N–H and O–H groups in total. The Morgan fingerprint density at radius 1 is 1.33 bits per heavy atom. The summed E-state index contributed by atoms with van der Waals surface area (Å²) in [5.74, 6) is 0.152. The minimum Gasteiger partial charge on any atom is -0.478 e. The van der Waals surface area contributed by atoms with Crippen molar-refractivity contribution in [3.05, 3.63) is 16.8 Å². The molecule has 0 aliphatic heterocycles. The van der Waals surface area contributed by atoms with E-state index in [0.29, 0.717) is 29.0 Å². The predicted octanol–water partition coefficient (Wildman–Crippen LogP) is 2.39. The standard InChI is InChI=1S/C13H19N3O2/c1-7-4-5-10(6-7)14-12-11(13(17)18)8(2)9(3)15-16-12/h7,10H,4-6H2,1-3H3,(H,14,16)(H,17,18). The van der Waals surface area contributed by atoms with Crippen LogP contribution in [-0.4, -0.2) is 27.3 Å². The first-order valence-electron chi connectivity index (χ1n) is 6.32.